The monoisotopic (exact) mass is 344 g/mol. The second kappa shape index (κ2) is 5.06. The number of hydrogen-bond donors (Lipinski definition) is 0. The third-order valence-corrected chi connectivity index (χ3v) is 3.77. The van der Waals surface area contributed by atoms with Crippen LogP contribution < -0.4 is 0 Å². The fourth-order valence-corrected chi connectivity index (χ4v) is 2.83. The normalized spacial score (nSPS) is 15.2. The van der Waals surface area contributed by atoms with E-state index < -0.39 is 43.6 Å². The summed E-state index contributed by atoms with van der Waals surface area (Å²) in [5.41, 5.74) is -3.19. The van der Waals surface area contributed by atoms with Gasteiger partial charge >= 0.3 is 12.4 Å². The molecule has 11 heteroatoms. The second-order valence-electron chi connectivity index (χ2n) is 3.67. The minimum absolute atomic E-state index is 0.0350. The van der Waals surface area contributed by atoms with Crippen molar-refractivity contribution in [3.63, 3.8) is 0 Å². The van der Waals surface area contributed by atoms with Gasteiger partial charge in [-0.25, -0.2) is 12.8 Å². The Hall–Kier alpha value is -1.03. The van der Waals surface area contributed by atoms with Crippen molar-refractivity contribution in [3.05, 3.63) is 35.1 Å². The largest absolute Gasteiger partial charge is 0.416 e. The van der Waals surface area contributed by atoms with Crippen LogP contribution in [0.25, 0.3) is 0 Å². The van der Waals surface area contributed by atoms with E-state index in [0.717, 1.165) is 0 Å². The molecule has 0 heterocycles. The Kier molecular flexibility index (Phi) is 4.31. The Balaban J connectivity index is 3.55. The minimum Gasteiger partial charge on any atom is -0.211 e. The molecule has 1 atom stereocenters. The first-order valence-corrected chi connectivity index (χ1v) is 6.98. The Morgan fingerprint density at radius 2 is 1.50 bits per heavy atom. The number of hydrogen-bond acceptors (Lipinski definition) is 2. The number of benzene rings is 1. The first-order chi connectivity index (χ1) is 8.73. The summed E-state index contributed by atoms with van der Waals surface area (Å²) in [5.74, 6) is -1.66. The molecule has 0 fully saturated rings. The van der Waals surface area contributed by atoms with Crippen molar-refractivity contribution in [3.8, 4) is 0 Å². The van der Waals surface area contributed by atoms with Gasteiger partial charge in [0.05, 0.1) is 5.56 Å². The fourth-order valence-electron chi connectivity index (χ4n) is 1.44. The lowest BCUT2D eigenvalue weighted by molar-refractivity contribution is -0.139. The van der Waals surface area contributed by atoms with E-state index in [2.05, 4.69) is 10.7 Å². The maximum Gasteiger partial charge on any atom is 0.416 e. The van der Waals surface area contributed by atoms with Crippen LogP contribution >= 0.6 is 10.7 Å². The lowest BCUT2D eigenvalue weighted by atomic mass is 10.1. The van der Waals surface area contributed by atoms with Crippen molar-refractivity contribution in [1.29, 1.82) is 0 Å². The molecule has 0 aromatic heterocycles. The van der Waals surface area contributed by atoms with Gasteiger partial charge in [-0.2, -0.15) is 26.3 Å². The van der Waals surface area contributed by atoms with Gasteiger partial charge in [-0.1, -0.05) is 0 Å². The summed E-state index contributed by atoms with van der Waals surface area (Å²) in [5, 5.41) is -3.45. The zero-order valence-corrected chi connectivity index (χ0v) is 10.6. The lowest BCUT2D eigenvalue weighted by Crippen LogP contribution is -2.26. The Morgan fingerprint density at radius 3 is 1.85 bits per heavy atom. The third kappa shape index (κ3) is 3.98. The number of halogens is 8. The van der Waals surface area contributed by atoms with Gasteiger partial charge in [0.15, 0.2) is 5.25 Å². The summed E-state index contributed by atoms with van der Waals surface area (Å²) < 4.78 is 110. The van der Waals surface area contributed by atoms with Crippen molar-refractivity contribution in [2.75, 3.05) is 0 Å². The van der Waals surface area contributed by atoms with Crippen molar-refractivity contribution < 1.29 is 39.2 Å². The van der Waals surface area contributed by atoms with Gasteiger partial charge in [-0.05, 0) is 23.8 Å². The highest BCUT2D eigenvalue weighted by Gasteiger charge is 2.50. The average Bonchev–Trinajstić information content (AvgIpc) is 2.09. The molecular formula is C9H4ClF7O2S. The molecule has 0 aliphatic heterocycles. The summed E-state index contributed by atoms with van der Waals surface area (Å²) >= 11 is 0. The first kappa shape index (κ1) is 17.0. The van der Waals surface area contributed by atoms with E-state index in [1.807, 2.05) is 0 Å². The maximum absolute atomic E-state index is 13.0. The Bertz CT molecular complexity index is 606. The van der Waals surface area contributed by atoms with E-state index >= 15 is 0 Å². The van der Waals surface area contributed by atoms with Gasteiger partial charge in [-0.15, -0.1) is 0 Å². The van der Waals surface area contributed by atoms with Crippen molar-refractivity contribution in [1.82, 2.24) is 0 Å². The Morgan fingerprint density at radius 1 is 1.00 bits per heavy atom. The summed E-state index contributed by atoms with van der Waals surface area (Å²) in [4.78, 5) is 0. The molecule has 0 aliphatic rings. The van der Waals surface area contributed by atoms with E-state index in [4.69, 9.17) is 0 Å². The minimum atomic E-state index is -5.49. The molecule has 0 radical (unpaired) electrons. The van der Waals surface area contributed by atoms with Crippen LogP contribution in [0.5, 0.6) is 0 Å². The smallest absolute Gasteiger partial charge is 0.211 e. The van der Waals surface area contributed by atoms with Gasteiger partial charge in [0.2, 0.25) is 9.05 Å². The Labute approximate surface area is 112 Å². The molecule has 2 nitrogen and oxygen atoms in total. The summed E-state index contributed by atoms with van der Waals surface area (Å²) in [7, 11) is -0.756. The second-order valence-corrected chi connectivity index (χ2v) is 6.38. The number of rotatable bonds is 2. The molecule has 114 valence electrons. The summed E-state index contributed by atoms with van der Waals surface area (Å²) in [6.45, 7) is 0. The molecule has 20 heavy (non-hydrogen) atoms. The van der Waals surface area contributed by atoms with Crippen LogP contribution in [0.2, 0.25) is 0 Å². The lowest BCUT2D eigenvalue weighted by Gasteiger charge is -2.19. The van der Waals surface area contributed by atoms with Crippen LogP contribution in [0.1, 0.15) is 16.4 Å². The predicted octanol–water partition coefficient (Wildman–Crippen LogP) is 4.02. The molecule has 1 aromatic rings. The highest BCUT2D eigenvalue weighted by Crippen LogP contribution is 2.42. The van der Waals surface area contributed by atoms with Crippen LogP contribution in [0.15, 0.2) is 18.2 Å². The average molecular weight is 345 g/mol. The van der Waals surface area contributed by atoms with Crippen molar-refractivity contribution in [2.45, 2.75) is 17.6 Å². The van der Waals surface area contributed by atoms with Crippen LogP contribution in [-0.4, -0.2) is 14.6 Å². The molecule has 0 amide bonds. The molecule has 0 bridgehead atoms. The highest BCUT2D eigenvalue weighted by atomic mass is 35.7. The molecule has 0 saturated carbocycles. The quantitative estimate of drug-likeness (QED) is 0.600. The molecule has 0 spiro atoms. The SMILES string of the molecule is O=S(=O)(Cl)C(c1cc(F)cc(C(F)(F)F)c1)C(F)(F)F. The molecular weight excluding hydrogens is 341 g/mol. The first-order valence-electron chi connectivity index (χ1n) is 4.61. The third-order valence-electron chi connectivity index (χ3n) is 2.13. The van der Waals surface area contributed by atoms with E-state index in [1.165, 1.54) is 0 Å². The maximum atomic E-state index is 13.0. The predicted molar refractivity (Wildman–Crippen MR) is 55.0 cm³/mol. The van der Waals surface area contributed by atoms with Crippen molar-refractivity contribution in [2.24, 2.45) is 0 Å². The van der Waals surface area contributed by atoms with E-state index in [9.17, 15) is 39.2 Å². The van der Waals surface area contributed by atoms with E-state index in [1.54, 1.807) is 0 Å². The van der Waals surface area contributed by atoms with Crippen molar-refractivity contribution >= 4 is 19.7 Å². The highest BCUT2D eigenvalue weighted by molar-refractivity contribution is 8.14. The number of alkyl halides is 6. The van der Waals surface area contributed by atoms with Crippen LogP contribution in [0.3, 0.4) is 0 Å². The molecule has 1 aromatic carbocycles. The zero-order chi connectivity index (χ0) is 15.9. The molecule has 1 unspecified atom stereocenters. The van der Waals surface area contributed by atoms with Crippen LogP contribution in [0, 0.1) is 5.82 Å². The summed E-state index contributed by atoms with van der Waals surface area (Å²) in [6, 6.07) is -0.133. The van der Waals surface area contributed by atoms with E-state index in [0.29, 0.717) is 0 Å². The van der Waals surface area contributed by atoms with E-state index in [-0.39, 0.29) is 18.2 Å². The molecule has 1 rings (SSSR count). The standard InChI is InChI=1S/C9H4ClF7O2S/c10-20(18,19)7(9(15,16)17)4-1-5(8(12,13)14)3-6(11)2-4/h1-3,7H. The fraction of sp³-hybridized carbons (Fsp3) is 0.333. The molecule has 0 aliphatic carbocycles. The molecule has 0 saturated heterocycles. The van der Waals surface area contributed by atoms with Crippen LogP contribution in [-0.2, 0) is 15.2 Å². The van der Waals surface area contributed by atoms with Gasteiger partial charge in [0.25, 0.3) is 0 Å². The van der Waals surface area contributed by atoms with Gasteiger partial charge in [0, 0.05) is 10.7 Å². The van der Waals surface area contributed by atoms with Crippen LogP contribution in [0.4, 0.5) is 30.7 Å². The topological polar surface area (TPSA) is 34.1 Å². The van der Waals surface area contributed by atoms with Gasteiger partial charge in [0.1, 0.15) is 5.82 Å². The van der Waals surface area contributed by atoms with Gasteiger partial charge in [-0.3, -0.25) is 0 Å². The molecule has 0 N–H and O–H groups in total. The zero-order valence-electron chi connectivity index (χ0n) is 9.06. The summed E-state index contributed by atoms with van der Waals surface area (Å²) in [6.07, 6.45) is -10.6. The van der Waals surface area contributed by atoms with Gasteiger partial charge < -0.3 is 0 Å².